The molecule has 65 heavy (non-hydrogen) atoms. The zero-order valence-electron chi connectivity index (χ0n) is 36.9. The number of ether oxygens (including phenoxy) is 1. The van der Waals surface area contributed by atoms with Crippen molar-refractivity contribution in [3.8, 4) is 22.8 Å². The zero-order valence-corrected chi connectivity index (χ0v) is 38.4. The van der Waals surface area contributed by atoms with Crippen molar-refractivity contribution in [2.75, 3.05) is 33.8 Å². The van der Waals surface area contributed by atoms with Crippen LogP contribution >= 0.6 is 23.2 Å². The number of aromatic nitrogens is 3. The lowest BCUT2D eigenvalue weighted by Crippen LogP contribution is -2.65. The van der Waals surface area contributed by atoms with Crippen LogP contribution in [0.2, 0.25) is 10.0 Å². The van der Waals surface area contributed by atoms with E-state index in [2.05, 4.69) is 15.6 Å². The Kier molecular flexibility index (Phi) is 14.8. The molecule has 2 bridgehead atoms. The smallest absolute Gasteiger partial charge is 0.245 e. The monoisotopic (exact) mass is 924 g/mol. The first-order valence-electron chi connectivity index (χ1n) is 21.6. The normalized spacial score (nSPS) is 21.0. The summed E-state index contributed by atoms with van der Waals surface area (Å²) in [5.74, 6) is -1.58. The predicted octanol–water partition coefficient (Wildman–Crippen LogP) is 5.06. The SMILES string of the molecule is C[C@H]1C(=O)N[C@@H](CO)C(=O)N[C@@]2(Cc3ccc(Cl)cc3)CCCN(C2)C(=O)[C@H](Cc2cccc[n+]2[O-])CC(=O)N1Cc1ccc(Cl)cc1Oc1ccc(-c2cnc(CN(C)C)n2C)cc1. The summed E-state index contributed by atoms with van der Waals surface area (Å²) in [6, 6.07) is 21.9. The van der Waals surface area contributed by atoms with Crippen LogP contribution in [0.15, 0.2) is 97.3 Å². The van der Waals surface area contributed by atoms with Crippen LogP contribution in [0.25, 0.3) is 11.3 Å². The summed E-state index contributed by atoms with van der Waals surface area (Å²) in [6.07, 6.45) is 4.06. The number of aliphatic hydroxyl groups excluding tert-OH is 1. The molecule has 0 saturated carbocycles. The molecular weight excluding hydrogens is 871 g/mol. The number of halogens is 2. The Morgan fingerprint density at radius 3 is 2.43 bits per heavy atom. The zero-order chi connectivity index (χ0) is 46.4. The highest BCUT2D eigenvalue weighted by atomic mass is 35.5. The van der Waals surface area contributed by atoms with Gasteiger partial charge in [0.25, 0.3) is 0 Å². The van der Waals surface area contributed by atoms with E-state index in [-0.39, 0.29) is 37.5 Å². The molecule has 0 unspecified atom stereocenters. The maximum atomic E-state index is 14.9. The van der Waals surface area contributed by atoms with Gasteiger partial charge in [-0.3, -0.25) is 19.2 Å². The Morgan fingerprint density at radius 2 is 1.72 bits per heavy atom. The van der Waals surface area contributed by atoms with Crippen LogP contribution in [0, 0.1) is 11.1 Å². The van der Waals surface area contributed by atoms with Gasteiger partial charge in [-0.15, -0.1) is 0 Å². The molecule has 2 aliphatic rings. The van der Waals surface area contributed by atoms with Crippen molar-refractivity contribution in [3.63, 3.8) is 0 Å². The Bertz CT molecular complexity index is 2520. The third-order valence-corrected chi connectivity index (χ3v) is 12.6. The number of fused-ring (bicyclic) bond motifs is 2. The molecule has 0 spiro atoms. The van der Waals surface area contributed by atoms with Crippen molar-refractivity contribution >= 4 is 46.8 Å². The minimum atomic E-state index is -1.38. The van der Waals surface area contributed by atoms with E-state index < -0.39 is 47.9 Å². The number of pyridine rings is 1. The molecule has 17 heteroatoms. The number of hydrogen-bond acceptors (Lipinski definition) is 9. The van der Waals surface area contributed by atoms with Gasteiger partial charge < -0.3 is 45.0 Å². The van der Waals surface area contributed by atoms with Gasteiger partial charge in [0.05, 0.1) is 43.0 Å². The quantitative estimate of drug-likeness (QED) is 0.114. The Labute approximate surface area is 388 Å². The van der Waals surface area contributed by atoms with E-state index >= 15 is 0 Å². The number of rotatable bonds is 12. The molecule has 2 saturated heterocycles. The second-order valence-electron chi connectivity index (χ2n) is 17.2. The fourth-order valence-corrected chi connectivity index (χ4v) is 8.92. The van der Waals surface area contributed by atoms with Crippen LogP contribution in [0.3, 0.4) is 0 Å². The maximum absolute atomic E-state index is 14.9. The molecule has 5 aromatic rings. The molecule has 4 amide bonds. The third-order valence-electron chi connectivity index (χ3n) is 12.1. The van der Waals surface area contributed by atoms with Crippen LogP contribution in [-0.4, -0.2) is 104 Å². The number of aliphatic hydroxyl groups is 1. The molecule has 0 aliphatic carbocycles. The van der Waals surface area contributed by atoms with Crippen molar-refractivity contribution in [2.24, 2.45) is 13.0 Å². The topological polar surface area (TPSA) is 176 Å². The molecule has 7 rings (SSSR count). The number of carbonyl (C=O) groups is 4. The van der Waals surface area contributed by atoms with Crippen molar-refractivity contribution in [3.05, 3.63) is 135 Å². The van der Waals surface area contributed by atoms with Crippen LogP contribution < -0.4 is 20.1 Å². The number of piperidine rings is 1. The van der Waals surface area contributed by atoms with Gasteiger partial charge in [-0.2, -0.15) is 4.73 Å². The second-order valence-corrected chi connectivity index (χ2v) is 18.1. The van der Waals surface area contributed by atoms with Gasteiger partial charge in [-0.1, -0.05) is 47.5 Å². The summed E-state index contributed by atoms with van der Waals surface area (Å²) in [5, 5.41) is 30.3. The van der Waals surface area contributed by atoms with Crippen LogP contribution in [0.5, 0.6) is 11.5 Å². The molecule has 2 aliphatic heterocycles. The summed E-state index contributed by atoms with van der Waals surface area (Å²) in [6.45, 7) is 1.73. The van der Waals surface area contributed by atoms with Gasteiger partial charge in [0.15, 0.2) is 11.9 Å². The average molecular weight is 926 g/mol. The van der Waals surface area contributed by atoms with Gasteiger partial charge in [-0.05, 0) is 94.4 Å². The standard InChI is InChI=1S/C48H54Cl2N8O7/c1-31-45(61)52-40(29-59)46(62)53-48(25-32-9-14-36(49)15-10-32)19-7-20-56(30-48)47(63)35(22-38-8-5-6-21-58(38)64)23-44(60)57(31)27-34-11-16-37(50)24-42(34)65-39-17-12-33(13-18-39)41-26-51-43(55(41)4)28-54(2)3/h5-6,8-18,21,24,26,31,35,40,59H,7,19-20,22-23,25,27-30H2,1-4H3,(H,52,61)(H,53,62)/t31-,35+,40-,48+/m0/s1. The second kappa shape index (κ2) is 20.4. The van der Waals surface area contributed by atoms with E-state index in [4.69, 9.17) is 27.9 Å². The van der Waals surface area contributed by atoms with Gasteiger partial charge in [-0.25, -0.2) is 4.98 Å². The summed E-state index contributed by atoms with van der Waals surface area (Å²) < 4.78 is 9.13. The first-order valence-corrected chi connectivity index (χ1v) is 22.3. The van der Waals surface area contributed by atoms with Crippen molar-refractivity contribution in [1.82, 2.24) is 34.9 Å². The number of amides is 4. The van der Waals surface area contributed by atoms with E-state index in [1.54, 1.807) is 53.4 Å². The van der Waals surface area contributed by atoms with E-state index in [9.17, 15) is 29.5 Å². The lowest BCUT2D eigenvalue weighted by atomic mass is 9.82. The molecule has 4 heterocycles. The number of carbonyl (C=O) groups excluding carboxylic acids is 4. The first-order chi connectivity index (χ1) is 31.1. The fraction of sp³-hybridized carbons (Fsp3) is 0.375. The van der Waals surface area contributed by atoms with Gasteiger partial charge >= 0.3 is 0 Å². The van der Waals surface area contributed by atoms with Crippen LogP contribution in [0.1, 0.15) is 48.8 Å². The molecule has 3 aromatic carbocycles. The molecular formula is C48H54Cl2N8O7. The van der Waals surface area contributed by atoms with Crippen molar-refractivity contribution in [2.45, 2.75) is 69.7 Å². The van der Waals surface area contributed by atoms with Gasteiger partial charge in [0.2, 0.25) is 23.6 Å². The predicted molar refractivity (Wildman–Crippen MR) is 246 cm³/mol. The molecule has 0 radical (unpaired) electrons. The number of benzene rings is 3. The third kappa shape index (κ3) is 11.3. The van der Waals surface area contributed by atoms with Gasteiger partial charge in [0.1, 0.15) is 29.4 Å². The lowest BCUT2D eigenvalue weighted by Gasteiger charge is -2.45. The number of imidazole rings is 1. The summed E-state index contributed by atoms with van der Waals surface area (Å²) >= 11 is 12.7. The molecule has 2 aromatic heterocycles. The van der Waals surface area contributed by atoms with Crippen molar-refractivity contribution < 1.29 is 33.8 Å². The summed E-state index contributed by atoms with van der Waals surface area (Å²) in [5.41, 5.74) is 2.49. The number of nitrogens with one attached hydrogen (secondary N) is 2. The van der Waals surface area contributed by atoms with Crippen LogP contribution in [0.4, 0.5) is 0 Å². The fourth-order valence-electron chi connectivity index (χ4n) is 8.63. The van der Waals surface area contributed by atoms with E-state index in [0.717, 1.165) is 22.6 Å². The molecule has 342 valence electrons. The largest absolute Gasteiger partial charge is 0.619 e. The number of nitrogens with zero attached hydrogens (tertiary/aromatic N) is 6. The highest BCUT2D eigenvalue weighted by molar-refractivity contribution is 6.31. The van der Waals surface area contributed by atoms with E-state index in [1.807, 2.05) is 73.2 Å². The number of hydrogen-bond donors (Lipinski definition) is 3. The van der Waals surface area contributed by atoms with E-state index in [1.165, 1.54) is 18.0 Å². The van der Waals surface area contributed by atoms with E-state index in [0.29, 0.717) is 64.2 Å². The summed E-state index contributed by atoms with van der Waals surface area (Å²) in [7, 11) is 5.94. The van der Waals surface area contributed by atoms with Crippen LogP contribution in [-0.2, 0) is 52.2 Å². The molecule has 2 fully saturated rings. The Balaban J connectivity index is 1.22. The Hall–Kier alpha value is -6.00. The summed E-state index contributed by atoms with van der Waals surface area (Å²) in [4.78, 5) is 67.7. The molecule has 4 atom stereocenters. The highest BCUT2D eigenvalue weighted by Gasteiger charge is 2.43. The molecule has 3 N–H and O–H groups in total. The van der Waals surface area contributed by atoms with Gasteiger partial charge in [0, 0.05) is 66.3 Å². The Morgan fingerprint density at radius 1 is 0.985 bits per heavy atom. The minimum Gasteiger partial charge on any atom is -0.619 e. The van der Waals surface area contributed by atoms with Crippen molar-refractivity contribution in [1.29, 1.82) is 0 Å². The maximum Gasteiger partial charge on any atom is 0.245 e. The first kappa shape index (κ1) is 47.0. The molecule has 15 nitrogen and oxygen atoms in total. The highest BCUT2D eigenvalue weighted by Crippen LogP contribution is 2.33. The lowest BCUT2D eigenvalue weighted by molar-refractivity contribution is -0.614. The average Bonchev–Trinajstić information content (AvgIpc) is 3.64. The minimum absolute atomic E-state index is 0.0654.